The second kappa shape index (κ2) is 8.05. The van der Waals surface area contributed by atoms with Crippen LogP contribution >= 0.6 is 11.6 Å². The first-order valence-corrected chi connectivity index (χ1v) is 9.83. The number of benzene rings is 1. The van der Waals surface area contributed by atoms with Crippen LogP contribution in [0, 0.1) is 6.92 Å². The largest absolute Gasteiger partial charge is 0.433 e. The number of aryl methyl sites for hydroxylation is 1. The van der Waals surface area contributed by atoms with Gasteiger partial charge in [0, 0.05) is 33.1 Å². The third-order valence-electron chi connectivity index (χ3n) is 4.02. The molecule has 0 spiro atoms. The molecule has 1 saturated heterocycles. The number of aromatic nitrogens is 2. The first-order chi connectivity index (χ1) is 12.8. The molecule has 148 valence electrons. The lowest BCUT2D eigenvalue weighted by Crippen LogP contribution is -2.48. The molecule has 0 amide bonds. The van der Waals surface area contributed by atoms with Crippen molar-refractivity contribution in [2.45, 2.75) is 25.0 Å². The van der Waals surface area contributed by atoms with Crippen molar-refractivity contribution < 1.29 is 26.5 Å². The SMILES string of the molecule is Cc1nc(CN2CCN(S(=O)(=O)c3ccc(OC(F)F)c(Cl)c3)CC2)no1. The second-order valence-corrected chi connectivity index (χ2v) is 8.23. The van der Waals surface area contributed by atoms with E-state index in [1.54, 1.807) is 6.92 Å². The zero-order valence-electron chi connectivity index (χ0n) is 14.3. The Hall–Kier alpha value is -1.82. The number of halogens is 3. The molecule has 2 aromatic rings. The first kappa shape index (κ1) is 19.9. The van der Waals surface area contributed by atoms with Crippen LogP contribution in [0.15, 0.2) is 27.6 Å². The summed E-state index contributed by atoms with van der Waals surface area (Å²) in [4.78, 5) is 6.07. The number of ether oxygens (including phenoxy) is 1. The molecule has 0 aliphatic carbocycles. The van der Waals surface area contributed by atoms with Crippen LogP contribution in [0.5, 0.6) is 5.75 Å². The predicted octanol–water partition coefficient (Wildman–Crippen LogP) is 2.14. The third-order valence-corrected chi connectivity index (χ3v) is 6.21. The van der Waals surface area contributed by atoms with Gasteiger partial charge in [-0.3, -0.25) is 4.90 Å². The number of rotatable bonds is 6. The Bertz CT molecular complexity index is 901. The first-order valence-electron chi connectivity index (χ1n) is 8.02. The van der Waals surface area contributed by atoms with E-state index in [4.69, 9.17) is 16.1 Å². The van der Waals surface area contributed by atoms with Gasteiger partial charge in [0.2, 0.25) is 15.9 Å². The molecule has 0 radical (unpaired) electrons. The van der Waals surface area contributed by atoms with Gasteiger partial charge >= 0.3 is 6.61 Å². The summed E-state index contributed by atoms with van der Waals surface area (Å²) in [6, 6.07) is 3.44. The van der Waals surface area contributed by atoms with E-state index < -0.39 is 16.6 Å². The molecule has 1 fully saturated rings. The van der Waals surface area contributed by atoms with Crippen LogP contribution in [0.2, 0.25) is 5.02 Å². The third kappa shape index (κ3) is 4.72. The zero-order chi connectivity index (χ0) is 19.6. The summed E-state index contributed by atoms with van der Waals surface area (Å²) >= 11 is 5.86. The second-order valence-electron chi connectivity index (χ2n) is 5.88. The Kier molecular flexibility index (Phi) is 5.94. The van der Waals surface area contributed by atoms with E-state index in [1.165, 1.54) is 10.4 Å². The standard InChI is InChI=1S/C15H17ClF2N4O4S/c1-10-19-14(20-26-10)9-21-4-6-22(7-5-21)27(23,24)11-2-3-13(12(16)8-11)25-15(17)18/h2-3,8,15H,4-7,9H2,1H3. The summed E-state index contributed by atoms with van der Waals surface area (Å²) in [5, 5.41) is 3.63. The van der Waals surface area contributed by atoms with E-state index >= 15 is 0 Å². The van der Waals surface area contributed by atoms with Gasteiger partial charge in [-0.25, -0.2) is 8.42 Å². The molecular formula is C15H17ClF2N4O4S. The van der Waals surface area contributed by atoms with Crippen LogP contribution in [0.4, 0.5) is 8.78 Å². The average molecular weight is 423 g/mol. The summed E-state index contributed by atoms with van der Waals surface area (Å²) in [7, 11) is -3.79. The summed E-state index contributed by atoms with van der Waals surface area (Å²) < 4.78 is 60.6. The van der Waals surface area contributed by atoms with Crippen LogP contribution in [0.3, 0.4) is 0 Å². The minimum absolute atomic E-state index is 0.0728. The molecular weight excluding hydrogens is 406 g/mol. The molecule has 1 aromatic heterocycles. The number of alkyl halides is 2. The van der Waals surface area contributed by atoms with E-state index in [1.807, 2.05) is 4.90 Å². The van der Waals surface area contributed by atoms with Crippen molar-refractivity contribution in [2.24, 2.45) is 0 Å². The molecule has 0 unspecified atom stereocenters. The molecule has 3 rings (SSSR count). The van der Waals surface area contributed by atoms with Crippen molar-refractivity contribution in [3.63, 3.8) is 0 Å². The van der Waals surface area contributed by atoms with Crippen LogP contribution in [-0.4, -0.2) is 60.6 Å². The van der Waals surface area contributed by atoms with Gasteiger partial charge < -0.3 is 9.26 Å². The van der Waals surface area contributed by atoms with Gasteiger partial charge in [0.15, 0.2) is 5.82 Å². The number of piperazine rings is 1. The lowest BCUT2D eigenvalue weighted by Gasteiger charge is -2.33. The Morgan fingerprint density at radius 2 is 2.00 bits per heavy atom. The maximum atomic E-state index is 12.8. The van der Waals surface area contributed by atoms with Crippen molar-refractivity contribution in [3.8, 4) is 5.75 Å². The quantitative estimate of drug-likeness (QED) is 0.704. The molecule has 27 heavy (non-hydrogen) atoms. The zero-order valence-corrected chi connectivity index (χ0v) is 15.9. The fourth-order valence-electron chi connectivity index (χ4n) is 2.72. The summed E-state index contributed by atoms with van der Waals surface area (Å²) in [5.74, 6) is 0.749. The van der Waals surface area contributed by atoms with Gasteiger partial charge in [-0.15, -0.1) is 0 Å². The predicted molar refractivity (Wildman–Crippen MR) is 91.2 cm³/mol. The molecule has 0 saturated carbocycles. The molecule has 0 N–H and O–H groups in total. The lowest BCUT2D eigenvalue weighted by molar-refractivity contribution is -0.0498. The summed E-state index contributed by atoms with van der Waals surface area (Å²) in [6.45, 7) is 0.653. The van der Waals surface area contributed by atoms with E-state index in [2.05, 4.69) is 14.9 Å². The molecule has 1 aromatic carbocycles. The monoisotopic (exact) mass is 422 g/mol. The average Bonchev–Trinajstić information content (AvgIpc) is 3.01. The maximum absolute atomic E-state index is 12.8. The Morgan fingerprint density at radius 1 is 1.30 bits per heavy atom. The number of hydrogen-bond acceptors (Lipinski definition) is 7. The van der Waals surface area contributed by atoms with Crippen molar-refractivity contribution in [1.82, 2.24) is 19.3 Å². The summed E-state index contributed by atoms with van der Waals surface area (Å²) in [6.07, 6.45) is 0. The van der Waals surface area contributed by atoms with Crippen LogP contribution in [0.25, 0.3) is 0 Å². The maximum Gasteiger partial charge on any atom is 0.387 e. The minimum atomic E-state index is -3.79. The highest BCUT2D eigenvalue weighted by molar-refractivity contribution is 7.89. The van der Waals surface area contributed by atoms with E-state index in [9.17, 15) is 17.2 Å². The molecule has 8 nitrogen and oxygen atoms in total. The van der Waals surface area contributed by atoms with Crippen LogP contribution in [0.1, 0.15) is 11.7 Å². The normalized spacial score (nSPS) is 16.8. The van der Waals surface area contributed by atoms with E-state index in [0.717, 1.165) is 12.1 Å². The van der Waals surface area contributed by atoms with Gasteiger partial charge in [0.05, 0.1) is 16.5 Å². The number of hydrogen-bond donors (Lipinski definition) is 0. The molecule has 0 bridgehead atoms. The number of sulfonamides is 1. The molecule has 1 aliphatic rings. The molecule has 2 heterocycles. The lowest BCUT2D eigenvalue weighted by atomic mass is 10.3. The number of nitrogens with zero attached hydrogens (tertiary/aromatic N) is 4. The molecule has 1 aliphatic heterocycles. The van der Waals surface area contributed by atoms with Crippen molar-refractivity contribution in [3.05, 3.63) is 34.9 Å². The topological polar surface area (TPSA) is 88.8 Å². The minimum Gasteiger partial charge on any atom is -0.433 e. The highest BCUT2D eigenvalue weighted by Crippen LogP contribution is 2.30. The molecule has 0 atom stereocenters. The molecule has 12 heteroatoms. The smallest absolute Gasteiger partial charge is 0.387 e. The van der Waals surface area contributed by atoms with Crippen molar-refractivity contribution in [1.29, 1.82) is 0 Å². The summed E-state index contributed by atoms with van der Waals surface area (Å²) in [5.41, 5.74) is 0. The van der Waals surface area contributed by atoms with Gasteiger partial charge in [-0.2, -0.15) is 18.1 Å². The van der Waals surface area contributed by atoms with Crippen molar-refractivity contribution >= 4 is 21.6 Å². The highest BCUT2D eigenvalue weighted by Gasteiger charge is 2.29. The van der Waals surface area contributed by atoms with Gasteiger partial charge in [0.25, 0.3) is 0 Å². The van der Waals surface area contributed by atoms with E-state index in [-0.39, 0.29) is 28.8 Å². The van der Waals surface area contributed by atoms with Gasteiger partial charge in [-0.1, -0.05) is 16.8 Å². The van der Waals surface area contributed by atoms with E-state index in [0.29, 0.717) is 31.3 Å². The highest BCUT2D eigenvalue weighted by atomic mass is 35.5. The fourth-order valence-corrected chi connectivity index (χ4v) is 4.45. The fraction of sp³-hybridized carbons (Fsp3) is 0.467. The Morgan fingerprint density at radius 3 is 2.56 bits per heavy atom. The van der Waals surface area contributed by atoms with Crippen LogP contribution < -0.4 is 4.74 Å². The van der Waals surface area contributed by atoms with Crippen molar-refractivity contribution in [2.75, 3.05) is 26.2 Å². The Labute approximate surface area is 159 Å². The van der Waals surface area contributed by atoms with Crippen LogP contribution in [-0.2, 0) is 16.6 Å². The van der Waals surface area contributed by atoms with Gasteiger partial charge in [-0.05, 0) is 18.2 Å². The Balaban J connectivity index is 1.65. The van der Waals surface area contributed by atoms with Gasteiger partial charge in [0.1, 0.15) is 5.75 Å².